The molecule has 34 heavy (non-hydrogen) atoms. The highest BCUT2D eigenvalue weighted by molar-refractivity contribution is 5.97. The molecule has 164 valence electrons. The van der Waals surface area contributed by atoms with Crippen LogP contribution in [0.2, 0.25) is 0 Å². The lowest BCUT2D eigenvalue weighted by molar-refractivity contribution is 0.415. The van der Waals surface area contributed by atoms with E-state index in [1.807, 2.05) is 12.1 Å². The number of allylic oxidation sites excluding steroid dienone is 4. The summed E-state index contributed by atoms with van der Waals surface area (Å²) < 4.78 is 5.32. The molecule has 0 heterocycles. The first kappa shape index (κ1) is 19.4. The van der Waals surface area contributed by atoms with E-state index in [1.165, 1.54) is 39.0 Å². The maximum atomic E-state index is 5.32. The quantitative estimate of drug-likeness (QED) is 0.351. The zero-order valence-electron chi connectivity index (χ0n) is 19.1. The zero-order chi connectivity index (χ0) is 22.7. The van der Waals surface area contributed by atoms with Crippen molar-refractivity contribution in [3.63, 3.8) is 0 Å². The molecule has 3 aliphatic rings. The minimum Gasteiger partial charge on any atom is -0.497 e. The van der Waals surface area contributed by atoms with Gasteiger partial charge in [0.15, 0.2) is 0 Å². The van der Waals surface area contributed by atoms with Gasteiger partial charge in [0.1, 0.15) is 5.75 Å². The highest BCUT2D eigenvalue weighted by Crippen LogP contribution is 2.63. The van der Waals surface area contributed by atoms with E-state index in [4.69, 9.17) is 4.74 Å². The van der Waals surface area contributed by atoms with Crippen LogP contribution in [0.15, 0.2) is 109 Å². The maximum Gasteiger partial charge on any atom is 0.119 e. The van der Waals surface area contributed by atoms with Gasteiger partial charge in [-0.15, -0.1) is 0 Å². The van der Waals surface area contributed by atoms with Gasteiger partial charge < -0.3 is 10.1 Å². The molecule has 2 heteroatoms. The van der Waals surface area contributed by atoms with Crippen molar-refractivity contribution in [3.8, 4) is 16.9 Å². The van der Waals surface area contributed by atoms with Crippen LogP contribution in [-0.4, -0.2) is 7.11 Å². The molecule has 2 nitrogen and oxygen atoms in total. The van der Waals surface area contributed by atoms with Crippen LogP contribution < -0.4 is 10.1 Å². The van der Waals surface area contributed by atoms with Crippen molar-refractivity contribution in [3.05, 3.63) is 131 Å². The van der Waals surface area contributed by atoms with E-state index in [1.54, 1.807) is 12.7 Å². The highest BCUT2D eigenvalue weighted by Gasteiger charge is 2.52. The van der Waals surface area contributed by atoms with Gasteiger partial charge in [0.2, 0.25) is 0 Å². The fourth-order valence-corrected chi connectivity index (χ4v) is 6.33. The maximum absolute atomic E-state index is 5.32. The van der Waals surface area contributed by atoms with Crippen molar-refractivity contribution in [2.45, 2.75) is 18.3 Å². The molecular weight excluding hydrogens is 414 g/mol. The summed E-state index contributed by atoms with van der Waals surface area (Å²) >= 11 is 0. The topological polar surface area (TPSA) is 21.3 Å². The van der Waals surface area contributed by atoms with Gasteiger partial charge in [-0.3, -0.25) is 0 Å². The van der Waals surface area contributed by atoms with Crippen molar-refractivity contribution < 1.29 is 4.74 Å². The van der Waals surface area contributed by atoms with Crippen molar-refractivity contribution in [1.29, 1.82) is 0 Å². The summed E-state index contributed by atoms with van der Waals surface area (Å²) in [5.74, 6) is 0.862. The van der Waals surface area contributed by atoms with Gasteiger partial charge in [-0.05, 0) is 93.8 Å². The number of ether oxygens (including phenoxy) is 1. The molecule has 0 amide bonds. The number of hydrogen-bond acceptors (Lipinski definition) is 2. The third-order valence-corrected chi connectivity index (χ3v) is 7.67. The second kappa shape index (κ2) is 7.23. The Morgan fingerprint density at radius 3 is 2.18 bits per heavy atom. The Morgan fingerprint density at radius 1 is 0.706 bits per heavy atom. The van der Waals surface area contributed by atoms with Gasteiger partial charge in [-0.1, -0.05) is 66.7 Å². The minimum atomic E-state index is -0.222. The average molecular weight is 440 g/mol. The van der Waals surface area contributed by atoms with Crippen LogP contribution in [0.4, 0.5) is 11.4 Å². The number of anilines is 2. The van der Waals surface area contributed by atoms with Gasteiger partial charge in [0, 0.05) is 11.4 Å². The summed E-state index contributed by atoms with van der Waals surface area (Å²) in [4.78, 5) is 0. The second-order valence-corrected chi connectivity index (χ2v) is 9.29. The van der Waals surface area contributed by atoms with E-state index >= 15 is 0 Å². The number of nitrogens with one attached hydrogen (secondary N) is 1. The summed E-state index contributed by atoms with van der Waals surface area (Å²) in [6.45, 7) is 0. The van der Waals surface area contributed by atoms with Crippen LogP contribution in [0.3, 0.4) is 0 Å². The molecule has 0 radical (unpaired) electrons. The van der Waals surface area contributed by atoms with Crippen LogP contribution in [0, 0.1) is 0 Å². The number of fused-ring (bicyclic) bond motifs is 9. The average Bonchev–Trinajstić information content (AvgIpc) is 3.36. The molecule has 1 atom stereocenters. The normalized spacial score (nSPS) is 19.0. The molecule has 0 aliphatic heterocycles. The standard InChI is InChI=1S/C32H25NO/c1-34-23-17-14-21(15-18-23)33-22-16-19-27-26-10-4-7-13-30(26)32(31(27)20-22)28-11-5-2-8-24(28)25-9-3-6-12-29(25)32/h2-5,7-11,13-20,33H,6,12H2,1H3. The summed E-state index contributed by atoms with van der Waals surface area (Å²) in [7, 11) is 1.70. The molecule has 4 aromatic carbocycles. The van der Waals surface area contributed by atoms with Gasteiger partial charge in [0.05, 0.1) is 12.5 Å². The van der Waals surface area contributed by atoms with E-state index in [-0.39, 0.29) is 5.41 Å². The molecule has 1 N–H and O–H groups in total. The van der Waals surface area contributed by atoms with Crippen molar-refractivity contribution in [2.24, 2.45) is 0 Å². The molecule has 1 unspecified atom stereocenters. The number of methoxy groups -OCH3 is 1. The fourth-order valence-electron chi connectivity index (χ4n) is 6.33. The van der Waals surface area contributed by atoms with E-state index < -0.39 is 0 Å². The van der Waals surface area contributed by atoms with Crippen LogP contribution in [0.1, 0.15) is 35.1 Å². The number of rotatable bonds is 3. The number of benzene rings is 4. The third kappa shape index (κ3) is 2.51. The molecule has 4 aromatic rings. The predicted octanol–water partition coefficient (Wildman–Crippen LogP) is 7.87. The molecule has 0 saturated heterocycles. The lowest BCUT2D eigenvalue weighted by atomic mass is 9.68. The third-order valence-electron chi connectivity index (χ3n) is 7.67. The molecule has 0 aromatic heterocycles. The van der Waals surface area contributed by atoms with E-state index in [0.717, 1.165) is 30.0 Å². The SMILES string of the molecule is COc1ccc(Nc2ccc3c(c2)C2(C4=C(C=CCC4)c4ccccc42)c2ccccc2-3)cc1. The summed E-state index contributed by atoms with van der Waals surface area (Å²) in [6, 6.07) is 33.0. The lowest BCUT2D eigenvalue weighted by Crippen LogP contribution is -2.27. The minimum absolute atomic E-state index is 0.222. The van der Waals surface area contributed by atoms with Crippen molar-refractivity contribution >= 4 is 16.9 Å². The Bertz CT molecular complexity index is 1510. The summed E-state index contributed by atoms with van der Waals surface area (Å²) in [5.41, 5.74) is 13.2. The van der Waals surface area contributed by atoms with Crippen LogP contribution >= 0.6 is 0 Å². The Labute approximate surface area is 200 Å². The summed E-state index contributed by atoms with van der Waals surface area (Å²) in [6.07, 6.45) is 6.87. The first-order valence-corrected chi connectivity index (χ1v) is 12.0. The van der Waals surface area contributed by atoms with E-state index in [9.17, 15) is 0 Å². The Balaban J connectivity index is 1.47. The van der Waals surface area contributed by atoms with Crippen LogP contribution in [0.5, 0.6) is 5.75 Å². The first-order chi connectivity index (χ1) is 16.8. The molecular formula is C32H25NO. The Morgan fingerprint density at radius 2 is 1.38 bits per heavy atom. The lowest BCUT2D eigenvalue weighted by Gasteiger charge is -2.33. The highest BCUT2D eigenvalue weighted by atomic mass is 16.5. The van der Waals surface area contributed by atoms with Gasteiger partial charge in [-0.2, -0.15) is 0 Å². The number of hydrogen-bond donors (Lipinski definition) is 1. The second-order valence-electron chi connectivity index (χ2n) is 9.29. The molecule has 0 bridgehead atoms. The van der Waals surface area contributed by atoms with Crippen molar-refractivity contribution in [2.75, 3.05) is 12.4 Å². The Kier molecular flexibility index (Phi) is 4.13. The molecule has 0 fully saturated rings. The zero-order valence-corrected chi connectivity index (χ0v) is 19.1. The van der Waals surface area contributed by atoms with Crippen LogP contribution in [-0.2, 0) is 5.41 Å². The molecule has 3 aliphatic carbocycles. The predicted molar refractivity (Wildman–Crippen MR) is 140 cm³/mol. The summed E-state index contributed by atoms with van der Waals surface area (Å²) in [5, 5.41) is 3.63. The monoisotopic (exact) mass is 439 g/mol. The molecule has 7 rings (SSSR count). The fraction of sp³-hybridized carbons (Fsp3) is 0.125. The van der Waals surface area contributed by atoms with Crippen LogP contribution in [0.25, 0.3) is 16.7 Å². The van der Waals surface area contributed by atoms with E-state index in [0.29, 0.717) is 0 Å². The van der Waals surface area contributed by atoms with Gasteiger partial charge >= 0.3 is 0 Å². The Hall–Kier alpha value is -4.04. The van der Waals surface area contributed by atoms with E-state index in [2.05, 4.69) is 96.3 Å². The molecule has 1 spiro atoms. The van der Waals surface area contributed by atoms with Crippen molar-refractivity contribution in [1.82, 2.24) is 0 Å². The van der Waals surface area contributed by atoms with Gasteiger partial charge in [-0.25, -0.2) is 0 Å². The first-order valence-electron chi connectivity index (χ1n) is 12.0. The smallest absolute Gasteiger partial charge is 0.119 e. The largest absolute Gasteiger partial charge is 0.497 e. The molecule has 0 saturated carbocycles. The van der Waals surface area contributed by atoms with Gasteiger partial charge in [0.25, 0.3) is 0 Å².